The van der Waals surface area contributed by atoms with E-state index < -0.39 is 13.0 Å². The van der Waals surface area contributed by atoms with Crippen LogP contribution in [0.2, 0.25) is 0 Å². The number of alkyl halides is 2. The zero-order valence-electron chi connectivity index (χ0n) is 10.7. The summed E-state index contributed by atoms with van der Waals surface area (Å²) in [6.45, 7) is 1.18. The van der Waals surface area contributed by atoms with Gasteiger partial charge in [-0.3, -0.25) is 4.79 Å². The molecule has 1 unspecified atom stereocenters. The summed E-state index contributed by atoms with van der Waals surface area (Å²) in [5, 5.41) is 0. The summed E-state index contributed by atoms with van der Waals surface area (Å²) in [6.07, 6.45) is -0.138. The maximum absolute atomic E-state index is 12.7. The second-order valence-electron chi connectivity index (χ2n) is 4.69. The first-order valence-electron chi connectivity index (χ1n) is 6.15. The topological polar surface area (TPSA) is 20.3 Å². The smallest absolute Gasteiger partial charge is 0.256 e. The van der Waals surface area contributed by atoms with Crippen molar-refractivity contribution in [2.45, 2.75) is 19.8 Å². The Balaban J connectivity index is 2.43. The lowest BCUT2D eigenvalue weighted by Crippen LogP contribution is -2.39. The van der Waals surface area contributed by atoms with Crippen LogP contribution >= 0.6 is 31.9 Å². The highest BCUT2D eigenvalue weighted by molar-refractivity contribution is 9.11. The molecule has 0 aliphatic carbocycles. The number of benzene rings is 1. The minimum absolute atomic E-state index is 0.252. The number of halogens is 4. The minimum Gasteiger partial charge on any atom is -0.306 e. The average molecular weight is 409 g/mol. The van der Waals surface area contributed by atoms with Gasteiger partial charge in [-0.15, -0.1) is 0 Å². The summed E-state index contributed by atoms with van der Waals surface area (Å²) in [6, 6.07) is 5.46. The van der Waals surface area contributed by atoms with E-state index >= 15 is 0 Å². The fraction of sp³-hybridized carbons (Fsp3) is 0.357. The zero-order valence-corrected chi connectivity index (χ0v) is 13.9. The van der Waals surface area contributed by atoms with Crippen LogP contribution in [-0.2, 0) is 4.79 Å². The Morgan fingerprint density at radius 2 is 2.10 bits per heavy atom. The highest BCUT2D eigenvalue weighted by Gasteiger charge is 2.30. The molecule has 0 fully saturated rings. The Hall–Kier alpha value is -0.750. The van der Waals surface area contributed by atoms with Crippen molar-refractivity contribution >= 4 is 43.5 Å². The fourth-order valence-corrected chi connectivity index (χ4v) is 3.41. The van der Waals surface area contributed by atoms with Crippen molar-refractivity contribution in [2.24, 2.45) is 5.92 Å². The van der Waals surface area contributed by atoms with E-state index in [1.807, 2.05) is 24.3 Å². The lowest BCUT2D eigenvalue weighted by atomic mass is 9.97. The molecule has 2 rings (SSSR count). The van der Waals surface area contributed by atoms with E-state index in [4.69, 9.17) is 0 Å². The first kappa shape index (κ1) is 15.6. The van der Waals surface area contributed by atoms with Crippen LogP contribution in [0.1, 0.15) is 18.9 Å². The molecule has 0 aromatic heterocycles. The number of carbonyl (C=O) groups is 1. The molecule has 1 amide bonds. The minimum atomic E-state index is -2.55. The summed E-state index contributed by atoms with van der Waals surface area (Å²) in [4.78, 5) is 13.3. The van der Waals surface area contributed by atoms with Crippen molar-refractivity contribution in [3.63, 3.8) is 0 Å². The Kier molecular flexibility index (Phi) is 4.96. The summed E-state index contributed by atoms with van der Waals surface area (Å²) in [5.74, 6) is -0.510. The van der Waals surface area contributed by atoms with E-state index in [1.54, 1.807) is 6.92 Å². The van der Waals surface area contributed by atoms with Gasteiger partial charge >= 0.3 is 0 Å². The van der Waals surface area contributed by atoms with Crippen molar-refractivity contribution in [1.29, 1.82) is 0 Å². The van der Waals surface area contributed by atoms with Crippen LogP contribution in [0.3, 0.4) is 0 Å². The Morgan fingerprint density at radius 3 is 2.70 bits per heavy atom. The summed E-state index contributed by atoms with van der Waals surface area (Å²) in [7, 11) is 0. The van der Waals surface area contributed by atoms with Gasteiger partial charge in [-0.1, -0.05) is 50.9 Å². The molecule has 0 radical (unpaired) electrons. The number of nitrogens with zero attached hydrogens (tertiary/aromatic N) is 1. The third kappa shape index (κ3) is 3.28. The molecule has 1 atom stereocenters. The predicted octanol–water partition coefficient (Wildman–Crippen LogP) is 4.69. The lowest BCUT2D eigenvalue weighted by molar-refractivity contribution is -0.133. The van der Waals surface area contributed by atoms with Crippen molar-refractivity contribution in [3.05, 3.63) is 38.8 Å². The monoisotopic (exact) mass is 407 g/mol. The van der Waals surface area contributed by atoms with Gasteiger partial charge in [0.1, 0.15) is 0 Å². The molecule has 1 aromatic rings. The molecule has 0 N–H and O–H groups in total. The van der Waals surface area contributed by atoms with Crippen molar-refractivity contribution in [1.82, 2.24) is 4.90 Å². The van der Waals surface area contributed by atoms with Crippen molar-refractivity contribution < 1.29 is 13.6 Å². The van der Waals surface area contributed by atoms with Crippen LogP contribution in [0, 0.1) is 5.92 Å². The van der Waals surface area contributed by atoms with Crippen LogP contribution in [-0.4, -0.2) is 23.8 Å². The van der Waals surface area contributed by atoms with Gasteiger partial charge in [0, 0.05) is 26.1 Å². The average Bonchev–Trinajstić information content (AvgIpc) is 2.36. The van der Waals surface area contributed by atoms with E-state index in [0.717, 1.165) is 14.5 Å². The number of amides is 1. The van der Waals surface area contributed by atoms with Crippen LogP contribution < -0.4 is 0 Å². The molecule has 0 spiro atoms. The van der Waals surface area contributed by atoms with Crippen LogP contribution in [0.4, 0.5) is 8.78 Å². The molecule has 20 heavy (non-hydrogen) atoms. The number of carbonyl (C=O) groups excluding carboxylic acids is 1. The SMILES string of the molecule is CC1CC=C(c2ccc(Br)cc2Br)N(CC(F)F)C1=O. The van der Waals surface area contributed by atoms with E-state index in [-0.39, 0.29) is 11.8 Å². The molecular formula is C14H13Br2F2NO. The zero-order chi connectivity index (χ0) is 14.9. The van der Waals surface area contributed by atoms with Crippen molar-refractivity contribution in [2.75, 3.05) is 6.54 Å². The summed E-state index contributed by atoms with van der Waals surface area (Å²) >= 11 is 6.76. The molecule has 108 valence electrons. The molecule has 0 saturated carbocycles. The van der Waals surface area contributed by atoms with E-state index in [9.17, 15) is 13.6 Å². The van der Waals surface area contributed by atoms with Gasteiger partial charge in [0.25, 0.3) is 6.43 Å². The Labute approximate surface area is 133 Å². The summed E-state index contributed by atoms with van der Waals surface area (Å²) in [5.41, 5.74) is 1.29. The second kappa shape index (κ2) is 6.35. The molecule has 6 heteroatoms. The molecule has 1 aliphatic heterocycles. The molecule has 1 heterocycles. The molecule has 2 nitrogen and oxygen atoms in total. The molecule has 1 aliphatic rings. The number of rotatable bonds is 3. The highest BCUT2D eigenvalue weighted by Crippen LogP contribution is 2.34. The third-order valence-electron chi connectivity index (χ3n) is 3.17. The van der Waals surface area contributed by atoms with Gasteiger partial charge < -0.3 is 4.90 Å². The van der Waals surface area contributed by atoms with Crippen LogP contribution in [0.5, 0.6) is 0 Å². The highest BCUT2D eigenvalue weighted by atomic mass is 79.9. The normalized spacial score (nSPS) is 19.5. The van der Waals surface area contributed by atoms with E-state index in [1.165, 1.54) is 4.90 Å². The molecule has 1 aromatic carbocycles. The van der Waals surface area contributed by atoms with Gasteiger partial charge in [0.2, 0.25) is 5.91 Å². The number of allylic oxidation sites excluding steroid dienone is 1. The van der Waals surface area contributed by atoms with Crippen molar-refractivity contribution in [3.8, 4) is 0 Å². The molecular weight excluding hydrogens is 396 g/mol. The number of hydrogen-bond donors (Lipinski definition) is 0. The summed E-state index contributed by atoms with van der Waals surface area (Å²) < 4.78 is 27.1. The lowest BCUT2D eigenvalue weighted by Gasteiger charge is -2.32. The Morgan fingerprint density at radius 1 is 1.40 bits per heavy atom. The quantitative estimate of drug-likeness (QED) is 0.710. The van der Waals surface area contributed by atoms with Gasteiger partial charge in [0.05, 0.1) is 6.54 Å². The fourth-order valence-electron chi connectivity index (χ4n) is 2.16. The van der Waals surface area contributed by atoms with Gasteiger partial charge in [-0.2, -0.15) is 0 Å². The third-order valence-corrected chi connectivity index (χ3v) is 4.32. The van der Waals surface area contributed by atoms with Crippen LogP contribution in [0.25, 0.3) is 5.70 Å². The first-order valence-corrected chi connectivity index (χ1v) is 7.74. The van der Waals surface area contributed by atoms with Gasteiger partial charge in [0.15, 0.2) is 0 Å². The van der Waals surface area contributed by atoms with Gasteiger partial charge in [-0.05, 0) is 18.6 Å². The Bertz CT molecular complexity index is 560. The molecule has 0 saturated heterocycles. The standard InChI is InChI=1S/C14H13Br2F2NO/c1-8-2-5-12(19(14(8)20)7-13(17)18)10-4-3-9(15)6-11(10)16/h3-6,8,13H,2,7H2,1H3. The largest absolute Gasteiger partial charge is 0.306 e. The predicted molar refractivity (Wildman–Crippen MR) is 81.3 cm³/mol. The van der Waals surface area contributed by atoms with E-state index in [2.05, 4.69) is 31.9 Å². The van der Waals surface area contributed by atoms with E-state index in [0.29, 0.717) is 12.1 Å². The van der Waals surface area contributed by atoms with Crippen LogP contribution in [0.15, 0.2) is 33.2 Å². The second-order valence-corrected chi connectivity index (χ2v) is 6.46. The van der Waals surface area contributed by atoms with Gasteiger partial charge in [-0.25, -0.2) is 8.78 Å². The molecule has 0 bridgehead atoms. The number of hydrogen-bond acceptors (Lipinski definition) is 1. The first-order chi connectivity index (χ1) is 9.40. The maximum atomic E-state index is 12.7. The maximum Gasteiger partial charge on any atom is 0.256 e.